The van der Waals surface area contributed by atoms with Gasteiger partial charge in [0.15, 0.2) is 0 Å². The van der Waals surface area contributed by atoms with Gasteiger partial charge in [0.2, 0.25) is 0 Å². The Bertz CT molecular complexity index is 781. The number of hydrogen-bond acceptors (Lipinski definition) is 3. The van der Waals surface area contributed by atoms with Crippen LogP contribution in [0.1, 0.15) is 21.5 Å². The molecule has 1 heterocycles. The lowest BCUT2D eigenvalue weighted by atomic mass is 10.1. The van der Waals surface area contributed by atoms with Crippen LogP contribution in [-0.4, -0.2) is 24.8 Å². The fraction of sp³-hybridized carbons (Fsp3) is 0.222. The second-order valence-electron chi connectivity index (χ2n) is 5.62. The fourth-order valence-electron chi connectivity index (χ4n) is 2.77. The number of hydrogen-bond donors (Lipinski definition) is 0. The van der Waals surface area contributed by atoms with E-state index in [9.17, 15) is 9.59 Å². The Morgan fingerprint density at radius 1 is 1.04 bits per heavy atom. The summed E-state index contributed by atoms with van der Waals surface area (Å²) in [6.45, 7) is 4.69. The normalized spacial score (nSPS) is 13.4. The van der Waals surface area contributed by atoms with Crippen molar-refractivity contribution in [3.05, 3.63) is 57.6 Å². The summed E-state index contributed by atoms with van der Waals surface area (Å²) in [6, 6.07) is 11.3. The summed E-state index contributed by atoms with van der Waals surface area (Å²) in [6.07, 6.45) is 0. The van der Waals surface area contributed by atoms with Gasteiger partial charge >= 0.3 is 0 Å². The number of aryl methyl sites for hydroxylation is 2. The first-order chi connectivity index (χ1) is 11.0. The maximum absolute atomic E-state index is 12.1. The van der Waals surface area contributed by atoms with Crippen LogP contribution in [0.3, 0.4) is 0 Å². The molecule has 1 aliphatic rings. The highest BCUT2D eigenvalue weighted by Crippen LogP contribution is 2.31. The average Bonchev–Trinajstić information content (AvgIpc) is 2.71. The Labute approximate surface area is 143 Å². The number of ether oxygens (including phenoxy) is 1. The van der Waals surface area contributed by atoms with Crippen molar-refractivity contribution in [3.8, 4) is 5.75 Å². The number of ketones is 1. The van der Waals surface area contributed by atoms with Crippen molar-refractivity contribution >= 4 is 33.3 Å². The van der Waals surface area contributed by atoms with Crippen molar-refractivity contribution in [1.82, 2.24) is 0 Å². The SMILES string of the molecule is Cc1cc(C)cc(OCCN2C(=O)C(=O)c3cc(Br)ccc32)c1. The van der Waals surface area contributed by atoms with Gasteiger partial charge in [0.25, 0.3) is 11.7 Å². The summed E-state index contributed by atoms with van der Waals surface area (Å²) in [7, 11) is 0. The molecule has 0 unspecified atom stereocenters. The van der Waals surface area contributed by atoms with E-state index in [1.54, 1.807) is 12.1 Å². The molecule has 118 valence electrons. The number of carbonyl (C=O) groups excluding carboxylic acids is 2. The van der Waals surface area contributed by atoms with Crippen molar-refractivity contribution in [1.29, 1.82) is 0 Å². The number of fused-ring (bicyclic) bond motifs is 1. The lowest BCUT2D eigenvalue weighted by Crippen LogP contribution is -2.33. The quantitative estimate of drug-likeness (QED) is 0.768. The number of rotatable bonds is 4. The molecule has 0 N–H and O–H groups in total. The Morgan fingerprint density at radius 3 is 2.43 bits per heavy atom. The minimum atomic E-state index is -0.498. The number of anilines is 1. The number of Topliss-reactive ketones (excluding diaryl/α,β-unsaturated/α-hetero) is 1. The molecule has 2 aromatic carbocycles. The van der Waals surface area contributed by atoms with Crippen molar-refractivity contribution in [2.45, 2.75) is 13.8 Å². The van der Waals surface area contributed by atoms with Gasteiger partial charge in [-0.3, -0.25) is 9.59 Å². The van der Waals surface area contributed by atoms with Gasteiger partial charge in [0, 0.05) is 4.47 Å². The van der Waals surface area contributed by atoms with Crippen LogP contribution in [-0.2, 0) is 4.79 Å². The van der Waals surface area contributed by atoms with Gasteiger partial charge in [0.1, 0.15) is 12.4 Å². The number of halogens is 1. The second kappa shape index (κ2) is 6.16. The van der Waals surface area contributed by atoms with Gasteiger partial charge in [-0.2, -0.15) is 0 Å². The van der Waals surface area contributed by atoms with Crippen LogP contribution in [0.2, 0.25) is 0 Å². The number of nitrogens with zero attached hydrogens (tertiary/aromatic N) is 1. The van der Waals surface area contributed by atoms with E-state index < -0.39 is 11.7 Å². The molecule has 1 aliphatic heterocycles. The van der Waals surface area contributed by atoms with E-state index in [0.717, 1.165) is 21.3 Å². The first-order valence-corrected chi connectivity index (χ1v) is 8.12. The summed E-state index contributed by atoms with van der Waals surface area (Å²) in [5.74, 6) is -0.189. The second-order valence-corrected chi connectivity index (χ2v) is 6.53. The van der Waals surface area contributed by atoms with Gasteiger partial charge < -0.3 is 9.64 Å². The van der Waals surface area contributed by atoms with Gasteiger partial charge in [-0.05, 0) is 55.3 Å². The van der Waals surface area contributed by atoms with Crippen LogP contribution in [0.4, 0.5) is 5.69 Å². The summed E-state index contributed by atoms with van der Waals surface area (Å²) in [5.41, 5.74) is 3.34. The van der Waals surface area contributed by atoms with Crippen LogP contribution < -0.4 is 9.64 Å². The first-order valence-electron chi connectivity index (χ1n) is 7.32. The third kappa shape index (κ3) is 3.15. The molecule has 0 saturated heterocycles. The predicted molar refractivity (Wildman–Crippen MR) is 92.2 cm³/mol. The molecule has 0 spiro atoms. The Hall–Kier alpha value is -2.14. The minimum Gasteiger partial charge on any atom is -0.492 e. The maximum Gasteiger partial charge on any atom is 0.299 e. The number of amides is 1. The Balaban J connectivity index is 1.72. The highest BCUT2D eigenvalue weighted by molar-refractivity contribution is 9.10. The van der Waals surface area contributed by atoms with E-state index in [0.29, 0.717) is 24.4 Å². The van der Waals surface area contributed by atoms with Crippen LogP contribution >= 0.6 is 15.9 Å². The summed E-state index contributed by atoms with van der Waals surface area (Å²) in [4.78, 5) is 25.6. The molecule has 2 aromatic rings. The van der Waals surface area contributed by atoms with E-state index in [1.807, 2.05) is 32.0 Å². The maximum atomic E-state index is 12.1. The molecule has 0 saturated carbocycles. The molecule has 0 fully saturated rings. The Kier molecular flexibility index (Phi) is 4.22. The third-order valence-electron chi connectivity index (χ3n) is 3.71. The topological polar surface area (TPSA) is 46.6 Å². The molecule has 4 nitrogen and oxygen atoms in total. The summed E-state index contributed by atoms with van der Waals surface area (Å²) < 4.78 is 6.52. The molecule has 23 heavy (non-hydrogen) atoms. The standard InChI is InChI=1S/C18H16BrNO3/c1-11-7-12(2)9-14(8-11)23-6-5-20-16-4-3-13(19)10-15(16)17(21)18(20)22/h3-4,7-10H,5-6H2,1-2H3. The monoisotopic (exact) mass is 373 g/mol. The first kappa shape index (κ1) is 15.7. The van der Waals surface area contributed by atoms with Gasteiger partial charge in [-0.15, -0.1) is 0 Å². The predicted octanol–water partition coefficient (Wildman–Crippen LogP) is 3.67. The zero-order chi connectivity index (χ0) is 16.6. The van der Waals surface area contributed by atoms with Crippen molar-refractivity contribution in [2.24, 2.45) is 0 Å². The molecule has 0 radical (unpaired) electrons. The van der Waals surface area contributed by atoms with Crippen molar-refractivity contribution in [3.63, 3.8) is 0 Å². The molecular formula is C18H16BrNO3. The van der Waals surface area contributed by atoms with Crippen molar-refractivity contribution in [2.75, 3.05) is 18.1 Å². The third-order valence-corrected chi connectivity index (χ3v) is 4.21. The van der Waals surface area contributed by atoms with E-state index in [4.69, 9.17) is 4.74 Å². The Morgan fingerprint density at radius 2 is 1.74 bits per heavy atom. The van der Waals surface area contributed by atoms with Crippen LogP contribution in [0.5, 0.6) is 5.75 Å². The smallest absolute Gasteiger partial charge is 0.299 e. The van der Waals surface area contributed by atoms with E-state index in [1.165, 1.54) is 4.90 Å². The lowest BCUT2D eigenvalue weighted by molar-refractivity contribution is -0.114. The number of carbonyl (C=O) groups is 2. The molecule has 5 heteroatoms. The molecule has 1 amide bonds. The number of benzene rings is 2. The molecule has 0 bridgehead atoms. The fourth-order valence-corrected chi connectivity index (χ4v) is 3.13. The molecule has 0 aliphatic carbocycles. The average molecular weight is 374 g/mol. The minimum absolute atomic E-state index is 0.331. The lowest BCUT2D eigenvalue weighted by Gasteiger charge is -2.17. The van der Waals surface area contributed by atoms with Crippen molar-refractivity contribution < 1.29 is 14.3 Å². The van der Waals surface area contributed by atoms with Gasteiger partial charge in [0.05, 0.1) is 17.8 Å². The van der Waals surface area contributed by atoms with Crippen LogP contribution in [0.25, 0.3) is 0 Å². The van der Waals surface area contributed by atoms with Gasteiger partial charge in [-0.25, -0.2) is 0 Å². The molecule has 0 aromatic heterocycles. The zero-order valence-electron chi connectivity index (χ0n) is 12.9. The molecule has 0 atom stereocenters. The molecular weight excluding hydrogens is 358 g/mol. The van der Waals surface area contributed by atoms with E-state index >= 15 is 0 Å². The summed E-state index contributed by atoms with van der Waals surface area (Å²) in [5, 5.41) is 0. The van der Waals surface area contributed by atoms with Crippen LogP contribution in [0.15, 0.2) is 40.9 Å². The molecule has 3 rings (SSSR count). The summed E-state index contributed by atoms with van der Waals surface area (Å²) >= 11 is 3.32. The largest absolute Gasteiger partial charge is 0.492 e. The van der Waals surface area contributed by atoms with Crippen LogP contribution in [0, 0.1) is 13.8 Å². The highest BCUT2D eigenvalue weighted by atomic mass is 79.9. The van der Waals surface area contributed by atoms with Gasteiger partial charge in [-0.1, -0.05) is 22.0 Å². The highest BCUT2D eigenvalue weighted by Gasteiger charge is 2.35. The van der Waals surface area contributed by atoms with E-state index in [2.05, 4.69) is 22.0 Å². The van der Waals surface area contributed by atoms with E-state index in [-0.39, 0.29) is 0 Å². The zero-order valence-corrected chi connectivity index (χ0v) is 14.5.